The zero-order chi connectivity index (χ0) is 18.2. The number of nitrogens with zero attached hydrogens (tertiary/aromatic N) is 1. The molecule has 2 amide bonds. The number of carbonyl (C=O) groups excluding carboxylic acids is 1. The molecule has 2 aromatic carbocycles. The largest absolute Gasteiger partial charge is 0.367 e. The number of aromatic amines is 2. The van der Waals surface area contributed by atoms with Gasteiger partial charge in [-0.1, -0.05) is 36.4 Å². The third-order valence-electron chi connectivity index (χ3n) is 5.27. The van der Waals surface area contributed by atoms with Gasteiger partial charge in [0.25, 0.3) is 0 Å². The summed E-state index contributed by atoms with van der Waals surface area (Å²) >= 11 is 0. The average Bonchev–Trinajstić information content (AvgIpc) is 3.38. The molecule has 0 radical (unpaired) electrons. The number of anilines is 1. The third-order valence-corrected chi connectivity index (χ3v) is 5.27. The number of aromatic nitrogens is 2. The standard InChI is InChI=1S/C22H20N4O/c27-22(25-21-13-24-20-4-2-1-3-19(20)21)26-10-8-16-11-15(5-6-18(16)14-26)17-7-9-23-12-17/h1-7,9,11-13,23-24H,8,10,14H2,(H,25,27). The average molecular weight is 356 g/mol. The summed E-state index contributed by atoms with van der Waals surface area (Å²) in [6.07, 6.45) is 6.66. The molecule has 3 N–H and O–H groups in total. The smallest absolute Gasteiger partial charge is 0.322 e. The van der Waals surface area contributed by atoms with Gasteiger partial charge >= 0.3 is 6.03 Å². The van der Waals surface area contributed by atoms with Crippen LogP contribution in [0.3, 0.4) is 0 Å². The number of amides is 2. The van der Waals surface area contributed by atoms with E-state index in [0.29, 0.717) is 6.54 Å². The van der Waals surface area contributed by atoms with E-state index in [9.17, 15) is 4.79 Å². The van der Waals surface area contributed by atoms with E-state index in [1.807, 2.05) is 47.8 Å². The van der Waals surface area contributed by atoms with Crippen LogP contribution in [0.1, 0.15) is 11.1 Å². The summed E-state index contributed by atoms with van der Waals surface area (Å²) in [6, 6.07) is 16.5. The number of hydrogen-bond acceptors (Lipinski definition) is 1. The fraction of sp³-hybridized carbons (Fsp3) is 0.136. The van der Waals surface area contributed by atoms with Crippen LogP contribution in [-0.2, 0) is 13.0 Å². The second-order valence-electron chi connectivity index (χ2n) is 6.93. The Morgan fingerprint density at radius 2 is 1.93 bits per heavy atom. The fourth-order valence-electron chi connectivity index (χ4n) is 3.78. The number of benzene rings is 2. The van der Waals surface area contributed by atoms with Crippen molar-refractivity contribution in [1.82, 2.24) is 14.9 Å². The van der Waals surface area contributed by atoms with Gasteiger partial charge in [0.2, 0.25) is 0 Å². The molecule has 5 heteroatoms. The van der Waals surface area contributed by atoms with Crippen molar-refractivity contribution in [2.75, 3.05) is 11.9 Å². The van der Waals surface area contributed by atoms with E-state index in [1.165, 1.54) is 22.3 Å². The number of carbonyl (C=O) groups is 1. The molecule has 0 saturated heterocycles. The Bertz CT molecular complexity index is 1110. The molecule has 4 aromatic rings. The molecule has 5 nitrogen and oxygen atoms in total. The topological polar surface area (TPSA) is 63.9 Å². The number of hydrogen-bond donors (Lipinski definition) is 3. The van der Waals surface area contributed by atoms with Crippen LogP contribution in [0.2, 0.25) is 0 Å². The summed E-state index contributed by atoms with van der Waals surface area (Å²) in [5.74, 6) is 0. The number of rotatable bonds is 2. The van der Waals surface area contributed by atoms with Crippen LogP contribution in [0.25, 0.3) is 22.0 Å². The van der Waals surface area contributed by atoms with Gasteiger partial charge in [0, 0.05) is 42.6 Å². The van der Waals surface area contributed by atoms with E-state index in [-0.39, 0.29) is 6.03 Å². The van der Waals surface area contributed by atoms with E-state index < -0.39 is 0 Å². The highest BCUT2D eigenvalue weighted by Gasteiger charge is 2.21. The Kier molecular flexibility index (Phi) is 3.71. The lowest BCUT2D eigenvalue weighted by molar-refractivity contribution is 0.206. The van der Waals surface area contributed by atoms with Gasteiger partial charge in [-0.2, -0.15) is 0 Å². The van der Waals surface area contributed by atoms with Crippen LogP contribution in [-0.4, -0.2) is 27.4 Å². The van der Waals surface area contributed by atoms with Crippen LogP contribution in [0, 0.1) is 0 Å². The highest BCUT2D eigenvalue weighted by atomic mass is 16.2. The molecule has 0 aliphatic carbocycles. The van der Waals surface area contributed by atoms with Crippen LogP contribution < -0.4 is 5.32 Å². The number of para-hydroxylation sites is 1. The van der Waals surface area contributed by atoms with Crippen LogP contribution in [0.4, 0.5) is 10.5 Å². The van der Waals surface area contributed by atoms with Crippen molar-refractivity contribution in [2.24, 2.45) is 0 Å². The Balaban J connectivity index is 1.34. The molecule has 5 rings (SSSR count). The quantitative estimate of drug-likeness (QED) is 0.477. The Morgan fingerprint density at radius 1 is 1.00 bits per heavy atom. The molecule has 3 heterocycles. The first-order valence-electron chi connectivity index (χ1n) is 9.15. The molecule has 0 atom stereocenters. The zero-order valence-corrected chi connectivity index (χ0v) is 14.8. The molecule has 27 heavy (non-hydrogen) atoms. The lowest BCUT2D eigenvalue weighted by atomic mass is 9.95. The van der Waals surface area contributed by atoms with Crippen molar-refractivity contribution in [3.63, 3.8) is 0 Å². The highest BCUT2D eigenvalue weighted by molar-refractivity contribution is 6.01. The van der Waals surface area contributed by atoms with Crippen molar-refractivity contribution < 1.29 is 4.79 Å². The molecular formula is C22H20N4O. The molecule has 0 bridgehead atoms. The second kappa shape index (κ2) is 6.36. The van der Waals surface area contributed by atoms with E-state index >= 15 is 0 Å². The molecule has 2 aromatic heterocycles. The predicted molar refractivity (Wildman–Crippen MR) is 108 cm³/mol. The van der Waals surface area contributed by atoms with Gasteiger partial charge in [-0.15, -0.1) is 0 Å². The Hall–Kier alpha value is -3.47. The molecule has 0 unspecified atom stereocenters. The van der Waals surface area contributed by atoms with Crippen LogP contribution in [0.5, 0.6) is 0 Å². The lowest BCUT2D eigenvalue weighted by Crippen LogP contribution is -2.38. The van der Waals surface area contributed by atoms with Crippen LogP contribution >= 0.6 is 0 Å². The normalized spacial score (nSPS) is 13.6. The Labute approximate surface area is 157 Å². The summed E-state index contributed by atoms with van der Waals surface area (Å²) in [5.41, 5.74) is 6.79. The highest BCUT2D eigenvalue weighted by Crippen LogP contribution is 2.27. The molecule has 0 spiro atoms. The maximum atomic E-state index is 12.8. The minimum Gasteiger partial charge on any atom is -0.367 e. The van der Waals surface area contributed by atoms with Gasteiger partial charge < -0.3 is 20.2 Å². The van der Waals surface area contributed by atoms with Gasteiger partial charge in [-0.3, -0.25) is 0 Å². The maximum Gasteiger partial charge on any atom is 0.322 e. The summed E-state index contributed by atoms with van der Waals surface area (Å²) in [7, 11) is 0. The van der Waals surface area contributed by atoms with Crippen molar-refractivity contribution in [3.05, 3.63) is 78.2 Å². The lowest BCUT2D eigenvalue weighted by Gasteiger charge is -2.29. The number of H-pyrrole nitrogens is 2. The summed E-state index contributed by atoms with van der Waals surface area (Å²) in [6.45, 7) is 1.36. The summed E-state index contributed by atoms with van der Waals surface area (Å²) in [4.78, 5) is 20.9. The van der Waals surface area contributed by atoms with Crippen LogP contribution in [0.15, 0.2) is 67.1 Å². The third kappa shape index (κ3) is 2.87. The van der Waals surface area contributed by atoms with Gasteiger partial charge in [-0.25, -0.2) is 4.79 Å². The maximum absolute atomic E-state index is 12.8. The first-order chi connectivity index (χ1) is 13.3. The van der Waals surface area contributed by atoms with Crippen molar-refractivity contribution in [3.8, 4) is 11.1 Å². The van der Waals surface area contributed by atoms with E-state index in [0.717, 1.165) is 29.6 Å². The number of urea groups is 1. The molecule has 134 valence electrons. The monoisotopic (exact) mass is 356 g/mol. The first kappa shape index (κ1) is 15.8. The van der Waals surface area contributed by atoms with Gasteiger partial charge in [-0.05, 0) is 40.8 Å². The zero-order valence-electron chi connectivity index (χ0n) is 14.8. The van der Waals surface area contributed by atoms with Crippen molar-refractivity contribution >= 4 is 22.6 Å². The first-order valence-corrected chi connectivity index (χ1v) is 9.15. The molecule has 0 fully saturated rings. The summed E-state index contributed by atoms with van der Waals surface area (Å²) < 4.78 is 0. The van der Waals surface area contributed by atoms with Gasteiger partial charge in [0.15, 0.2) is 0 Å². The number of fused-ring (bicyclic) bond motifs is 2. The van der Waals surface area contributed by atoms with Crippen molar-refractivity contribution in [1.29, 1.82) is 0 Å². The van der Waals surface area contributed by atoms with Crippen molar-refractivity contribution in [2.45, 2.75) is 13.0 Å². The second-order valence-corrected chi connectivity index (χ2v) is 6.93. The van der Waals surface area contributed by atoms with Gasteiger partial charge in [0.1, 0.15) is 0 Å². The SMILES string of the molecule is O=C(Nc1c[nH]c2ccccc12)N1CCc2cc(-c3cc[nH]c3)ccc2C1. The predicted octanol–water partition coefficient (Wildman–Crippen LogP) is 4.75. The molecule has 1 aliphatic rings. The summed E-state index contributed by atoms with van der Waals surface area (Å²) in [5, 5.41) is 4.08. The molecular weight excluding hydrogens is 336 g/mol. The fourth-order valence-corrected chi connectivity index (χ4v) is 3.78. The minimum atomic E-state index is -0.0554. The molecule has 1 aliphatic heterocycles. The number of nitrogens with one attached hydrogen (secondary N) is 3. The minimum absolute atomic E-state index is 0.0554. The van der Waals surface area contributed by atoms with E-state index in [1.54, 1.807) is 0 Å². The van der Waals surface area contributed by atoms with Gasteiger partial charge in [0.05, 0.1) is 5.69 Å². The molecule has 0 saturated carbocycles. The van der Waals surface area contributed by atoms with E-state index in [2.05, 4.69) is 39.6 Å². The van der Waals surface area contributed by atoms with E-state index in [4.69, 9.17) is 0 Å². The Morgan fingerprint density at radius 3 is 2.81 bits per heavy atom.